The van der Waals surface area contributed by atoms with Crippen molar-refractivity contribution < 1.29 is 18.7 Å². The maximum Gasteiger partial charge on any atom is 0.231 e. The van der Waals surface area contributed by atoms with Crippen LogP contribution in [0.15, 0.2) is 36.4 Å². The third kappa shape index (κ3) is 2.01. The minimum absolute atomic E-state index is 0.0105. The molecule has 2 aromatic carbocycles. The number of rotatable bonds is 1. The highest BCUT2D eigenvalue weighted by atomic mass is 19.1. The quantitative estimate of drug-likeness (QED) is 0.873. The number of carbonyl (C=O) groups is 1. The molecule has 0 spiro atoms. The maximum absolute atomic E-state index is 13.3. The van der Waals surface area contributed by atoms with Crippen molar-refractivity contribution in [3.05, 3.63) is 53.3 Å². The van der Waals surface area contributed by atoms with Crippen LogP contribution < -0.4 is 14.8 Å². The minimum Gasteiger partial charge on any atom is -0.454 e. The van der Waals surface area contributed by atoms with Crippen LogP contribution in [0.1, 0.15) is 28.4 Å². The second-order valence-electron chi connectivity index (χ2n) is 5.13. The summed E-state index contributed by atoms with van der Waals surface area (Å²) in [5, 5.41) is 3.28. The second kappa shape index (κ2) is 4.48. The summed E-state index contributed by atoms with van der Waals surface area (Å²) in [6.45, 7) is 0.166. The number of ether oxygens (including phenoxy) is 2. The lowest BCUT2D eigenvalue weighted by Crippen LogP contribution is -2.22. The van der Waals surface area contributed by atoms with Gasteiger partial charge >= 0.3 is 0 Å². The molecule has 1 atom stereocenters. The molecule has 2 aliphatic heterocycles. The lowest BCUT2D eigenvalue weighted by molar-refractivity contribution is 0.0972. The Labute approximate surface area is 120 Å². The first-order chi connectivity index (χ1) is 10.2. The largest absolute Gasteiger partial charge is 0.454 e. The molecule has 21 heavy (non-hydrogen) atoms. The summed E-state index contributed by atoms with van der Waals surface area (Å²) < 4.78 is 24.0. The standard InChI is InChI=1S/C16H12FNO3/c17-10-3-1-2-9(4-10)12-6-14(19)11-5-15-16(21-8-20-15)7-13(11)18-12/h1-5,7,12,18H,6,8H2. The van der Waals surface area contributed by atoms with E-state index in [1.54, 1.807) is 18.2 Å². The number of ketones is 1. The fourth-order valence-corrected chi connectivity index (χ4v) is 2.75. The number of nitrogens with one attached hydrogen (secondary N) is 1. The lowest BCUT2D eigenvalue weighted by Gasteiger charge is -2.26. The number of Topliss-reactive ketones (excluding diaryl/α,β-unsaturated/α-hetero) is 1. The van der Waals surface area contributed by atoms with Crippen molar-refractivity contribution in [2.75, 3.05) is 12.1 Å². The summed E-state index contributed by atoms with van der Waals surface area (Å²) in [7, 11) is 0. The van der Waals surface area contributed by atoms with Crippen LogP contribution in [0.5, 0.6) is 11.5 Å². The molecule has 0 amide bonds. The highest BCUT2D eigenvalue weighted by Crippen LogP contribution is 2.41. The third-order valence-corrected chi connectivity index (χ3v) is 3.78. The van der Waals surface area contributed by atoms with Gasteiger partial charge in [-0.15, -0.1) is 0 Å². The molecule has 2 aromatic rings. The van der Waals surface area contributed by atoms with E-state index >= 15 is 0 Å². The summed E-state index contributed by atoms with van der Waals surface area (Å²) in [6, 6.07) is 9.53. The molecule has 4 nitrogen and oxygen atoms in total. The van der Waals surface area contributed by atoms with Crippen molar-refractivity contribution in [1.29, 1.82) is 0 Å². The second-order valence-corrected chi connectivity index (χ2v) is 5.13. The topological polar surface area (TPSA) is 47.6 Å². The van der Waals surface area contributed by atoms with Crippen molar-refractivity contribution in [2.45, 2.75) is 12.5 Å². The molecule has 1 unspecified atom stereocenters. The summed E-state index contributed by atoms with van der Waals surface area (Å²) >= 11 is 0. The van der Waals surface area contributed by atoms with Gasteiger partial charge in [0.2, 0.25) is 6.79 Å². The molecule has 0 saturated heterocycles. The summed E-state index contributed by atoms with van der Waals surface area (Å²) in [6.07, 6.45) is 0.288. The molecule has 0 radical (unpaired) electrons. The van der Waals surface area contributed by atoms with Crippen LogP contribution in [0, 0.1) is 5.82 Å². The Hall–Kier alpha value is -2.56. The highest BCUT2D eigenvalue weighted by Gasteiger charge is 2.29. The van der Waals surface area contributed by atoms with Crippen molar-refractivity contribution in [3.8, 4) is 11.5 Å². The number of carbonyl (C=O) groups excluding carboxylic acids is 1. The van der Waals surface area contributed by atoms with Crippen LogP contribution in [-0.4, -0.2) is 12.6 Å². The van der Waals surface area contributed by atoms with Gasteiger partial charge in [-0.25, -0.2) is 4.39 Å². The molecule has 0 saturated carbocycles. The molecule has 0 bridgehead atoms. The summed E-state index contributed by atoms with van der Waals surface area (Å²) in [4.78, 5) is 12.3. The van der Waals surface area contributed by atoms with E-state index in [-0.39, 0.29) is 30.9 Å². The molecule has 106 valence electrons. The number of anilines is 1. The van der Waals surface area contributed by atoms with Gasteiger partial charge < -0.3 is 14.8 Å². The molecule has 4 rings (SSSR count). The highest BCUT2D eigenvalue weighted by molar-refractivity contribution is 6.04. The summed E-state index contributed by atoms with van der Waals surface area (Å²) in [5.74, 6) is 0.914. The number of hydrogen-bond donors (Lipinski definition) is 1. The Bertz CT molecular complexity index is 744. The number of fused-ring (bicyclic) bond motifs is 2. The first-order valence-corrected chi connectivity index (χ1v) is 6.69. The zero-order valence-corrected chi connectivity index (χ0v) is 11.1. The molecular weight excluding hydrogens is 273 g/mol. The van der Waals surface area contributed by atoms with Crippen molar-refractivity contribution >= 4 is 11.5 Å². The molecule has 2 aliphatic rings. The Morgan fingerprint density at radius 1 is 1.14 bits per heavy atom. The smallest absolute Gasteiger partial charge is 0.231 e. The zero-order valence-electron chi connectivity index (χ0n) is 11.1. The lowest BCUT2D eigenvalue weighted by atomic mass is 9.92. The Balaban J connectivity index is 1.73. The molecule has 2 heterocycles. The van der Waals surface area contributed by atoms with Crippen LogP contribution in [0.3, 0.4) is 0 Å². The molecular formula is C16H12FNO3. The first kappa shape index (κ1) is 12.2. The monoisotopic (exact) mass is 285 g/mol. The van der Waals surface area contributed by atoms with Crippen molar-refractivity contribution in [3.63, 3.8) is 0 Å². The molecule has 5 heteroatoms. The van der Waals surface area contributed by atoms with Crippen LogP contribution in [0.4, 0.5) is 10.1 Å². The van der Waals surface area contributed by atoms with Gasteiger partial charge in [0.1, 0.15) is 5.82 Å². The van der Waals surface area contributed by atoms with E-state index in [1.165, 1.54) is 12.1 Å². The predicted octanol–water partition coefficient (Wildman–Crippen LogP) is 3.29. The fourth-order valence-electron chi connectivity index (χ4n) is 2.75. The number of halogens is 1. The van der Waals surface area contributed by atoms with E-state index in [0.717, 1.165) is 5.56 Å². The van der Waals surface area contributed by atoms with Gasteiger partial charge in [-0.2, -0.15) is 0 Å². The Morgan fingerprint density at radius 2 is 1.95 bits per heavy atom. The molecule has 0 aromatic heterocycles. The van der Waals surface area contributed by atoms with E-state index in [9.17, 15) is 9.18 Å². The predicted molar refractivity (Wildman–Crippen MR) is 74.3 cm³/mol. The van der Waals surface area contributed by atoms with E-state index < -0.39 is 0 Å². The van der Waals surface area contributed by atoms with Crippen LogP contribution >= 0.6 is 0 Å². The SMILES string of the molecule is O=C1CC(c2cccc(F)c2)Nc2cc3c(cc21)OCO3. The Kier molecular flexibility index (Phi) is 2.60. The first-order valence-electron chi connectivity index (χ1n) is 6.69. The van der Waals surface area contributed by atoms with Gasteiger partial charge in [0, 0.05) is 23.7 Å². The van der Waals surface area contributed by atoms with Gasteiger partial charge in [0.05, 0.1) is 6.04 Å². The average Bonchev–Trinajstić information content (AvgIpc) is 2.92. The molecule has 0 aliphatic carbocycles. The van der Waals surface area contributed by atoms with Gasteiger partial charge in [-0.3, -0.25) is 4.79 Å². The third-order valence-electron chi connectivity index (χ3n) is 3.78. The number of benzene rings is 2. The van der Waals surface area contributed by atoms with Gasteiger partial charge in [0.15, 0.2) is 17.3 Å². The molecule has 1 N–H and O–H groups in total. The minimum atomic E-state index is -0.307. The van der Waals surface area contributed by atoms with E-state index in [0.29, 0.717) is 22.7 Å². The van der Waals surface area contributed by atoms with Crippen molar-refractivity contribution in [2.24, 2.45) is 0 Å². The van der Waals surface area contributed by atoms with Crippen LogP contribution in [0.2, 0.25) is 0 Å². The van der Waals surface area contributed by atoms with E-state index in [1.807, 2.05) is 6.07 Å². The van der Waals surface area contributed by atoms with Gasteiger partial charge in [-0.1, -0.05) is 12.1 Å². The number of hydrogen-bond acceptors (Lipinski definition) is 4. The fraction of sp³-hybridized carbons (Fsp3) is 0.188. The zero-order chi connectivity index (χ0) is 14.4. The van der Waals surface area contributed by atoms with Crippen LogP contribution in [-0.2, 0) is 0 Å². The van der Waals surface area contributed by atoms with E-state index in [4.69, 9.17) is 9.47 Å². The van der Waals surface area contributed by atoms with Gasteiger partial charge in [-0.05, 0) is 23.8 Å². The van der Waals surface area contributed by atoms with Gasteiger partial charge in [0.25, 0.3) is 0 Å². The summed E-state index contributed by atoms with van der Waals surface area (Å²) in [5.41, 5.74) is 2.04. The Morgan fingerprint density at radius 3 is 2.76 bits per heavy atom. The van der Waals surface area contributed by atoms with E-state index in [2.05, 4.69) is 5.32 Å². The molecule has 0 fully saturated rings. The average molecular weight is 285 g/mol. The maximum atomic E-state index is 13.3. The van der Waals surface area contributed by atoms with Crippen LogP contribution in [0.25, 0.3) is 0 Å². The normalized spacial score (nSPS) is 19.1. The van der Waals surface area contributed by atoms with Crippen molar-refractivity contribution in [1.82, 2.24) is 0 Å².